The number of piperidine rings is 1. The number of nitrogens with one attached hydrogen (secondary N) is 3. The standard InChI is InChI=1S/C15H19N7O3/c1-25-14-11(5-3-7-17-14)20-15-18-9-12(22(23)24)13(21-15)19-10-4-2-6-16-8-10/h3,5,7,9-10,16H,2,4,6,8H2,1H3,(H2,18,19,20,21)/t10-/m0/s1. The highest BCUT2D eigenvalue weighted by atomic mass is 16.6. The predicted octanol–water partition coefficient (Wildman–Crippen LogP) is 1.70. The molecule has 132 valence electrons. The third kappa shape index (κ3) is 4.10. The van der Waals surface area contributed by atoms with Crippen molar-refractivity contribution in [1.82, 2.24) is 20.3 Å². The molecule has 0 bridgehead atoms. The van der Waals surface area contributed by atoms with Gasteiger partial charge in [0.15, 0.2) is 0 Å². The summed E-state index contributed by atoms with van der Waals surface area (Å²) in [6, 6.07) is 3.58. The number of anilines is 3. The number of hydrogen-bond donors (Lipinski definition) is 3. The summed E-state index contributed by atoms with van der Waals surface area (Å²) in [7, 11) is 1.51. The molecule has 0 aliphatic carbocycles. The van der Waals surface area contributed by atoms with E-state index >= 15 is 0 Å². The Bertz CT molecular complexity index is 750. The zero-order valence-corrected chi connectivity index (χ0v) is 13.7. The van der Waals surface area contributed by atoms with E-state index in [-0.39, 0.29) is 23.5 Å². The fourth-order valence-corrected chi connectivity index (χ4v) is 2.61. The van der Waals surface area contributed by atoms with Crippen LogP contribution in [0.3, 0.4) is 0 Å². The summed E-state index contributed by atoms with van der Waals surface area (Å²) < 4.78 is 5.17. The van der Waals surface area contributed by atoms with Gasteiger partial charge in [-0.2, -0.15) is 4.98 Å². The van der Waals surface area contributed by atoms with Crippen LogP contribution in [0.2, 0.25) is 0 Å². The van der Waals surface area contributed by atoms with Crippen LogP contribution in [-0.4, -0.2) is 46.1 Å². The number of nitro groups is 1. The lowest BCUT2D eigenvalue weighted by molar-refractivity contribution is -0.384. The van der Waals surface area contributed by atoms with Crippen molar-refractivity contribution in [2.75, 3.05) is 30.8 Å². The summed E-state index contributed by atoms with van der Waals surface area (Å²) in [4.78, 5) is 23.1. The summed E-state index contributed by atoms with van der Waals surface area (Å²) in [5, 5.41) is 20.6. The van der Waals surface area contributed by atoms with E-state index in [1.165, 1.54) is 13.3 Å². The Kier molecular flexibility index (Phi) is 5.19. The normalized spacial score (nSPS) is 16.9. The first kappa shape index (κ1) is 16.8. The topological polar surface area (TPSA) is 127 Å². The van der Waals surface area contributed by atoms with Gasteiger partial charge in [-0.15, -0.1) is 0 Å². The first-order valence-electron chi connectivity index (χ1n) is 7.92. The van der Waals surface area contributed by atoms with Crippen molar-refractivity contribution in [2.45, 2.75) is 18.9 Å². The molecule has 0 aromatic carbocycles. The Hall–Kier alpha value is -3.01. The second-order valence-electron chi connectivity index (χ2n) is 5.56. The van der Waals surface area contributed by atoms with Crippen molar-refractivity contribution in [1.29, 1.82) is 0 Å². The number of pyridine rings is 1. The summed E-state index contributed by atoms with van der Waals surface area (Å²) in [6.07, 6.45) is 4.72. The lowest BCUT2D eigenvalue weighted by Gasteiger charge is -2.24. The molecule has 0 unspecified atom stereocenters. The van der Waals surface area contributed by atoms with E-state index in [1.54, 1.807) is 18.3 Å². The lowest BCUT2D eigenvalue weighted by atomic mass is 10.1. The van der Waals surface area contributed by atoms with Crippen LogP contribution in [0.5, 0.6) is 5.88 Å². The second-order valence-corrected chi connectivity index (χ2v) is 5.56. The number of nitrogens with zero attached hydrogens (tertiary/aromatic N) is 4. The monoisotopic (exact) mass is 345 g/mol. The van der Waals surface area contributed by atoms with Gasteiger partial charge in [0.25, 0.3) is 0 Å². The molecule has 0 radical (unpaired) electrons. The largest absolute Gasteiger partial charge is 0.480 e. The van der Waals surface area contributed by atoms with Gasteiger partial charge in [0.2, 0.25) is 17.6 Å². The SMILES string of the molecule is COc1ncccc1Nc1ncc([N+](=O)[O-])c(N[C@H]2CCCNC2)n1. The molecular formula is C15H19N7O3. The van der Waals surface area contributed by atoms with Crippen LogP contribution in [0.25, 0.3) is 0 Å². The zero-order valence-electron chi connectivity index (χ0n) is 13.7. The van der Waals surface area contributed by atoms with Crippen molar-refractivity contribution in [3.63, 3.8) is 0 Å². The number of hydrogen-bond acceptors (Lipinski definition) is 9. The molecule has 2 aromatic heterocycles. The maximum atomic E-state index is 11.3. The van der Waals surface area contributed by atoms with Crippen molar-refractivity contribution in [3.05, 3.63) is 34.6 Å². The van der Waals surface area contributed by atoms with Crippen LogP contribution in [0.4, 0.5) is 23.1 Å². The number of ether oxygens (including phenoxy) is 1. The molecule has 0 amide bonds. The van der Waals surface area contributed by atoms with Gasteiger partial charge >= 0.3 is 5.69 Å². The van der Waals surface area contributed by atoms with Crippen LogP contribution < -0.4 is 20.7 Å². The van der Waals surface area contributed by atoms with E-state index in [9.17, 15) is 10.1 Å². The Morgan fingerprint density at radius 3 is 3.04 bits per heavy atom. The highest BCUT2D eigenvalue weighted by molar-refractivity contribution is 5.63. The predicted molar refractivity (Wildman–Crippen MR) is 92.3 cm³/mol. The molecule has 3 heterocycles. The molecule has 3 rings (SSSR count). The molecule has 2 aromatic rings. The van der Waals surface area contributed by atoms with E-state index in [0.29, 0.717) is 11.6 Å². The maximum Gasteiger partial charge on any atom is 0.329 e. The molecule has 1 fully saturated rings. The second kappa shape index (κ2) is 7.71. The number of rotatable bonds is 6. The third-order valence-corrected chi connectivity index (χ3v) is 3.81. The molecule has 1 aliphatic heterocycles. The fraction of sp³-hybridized carbons (Fsp3) is 0.400. The van der Waals surface area contributed by atoms with Gasteiger partial charge in [-0.1, -0.05) is 0 Å². The summed E-state index contributed by atoms with van der Waals surface area (Å²) in [6.45, 7) is 1.69. The Morgan fingerprint density at radius 2 is 2.32 bits per heavy atom. The van der Waals surface area contributed by atoms with E-state index in [0.717, 1.165) is 25.9 Å². The van der Waals surface area contributed by atoms with Crippen LogP contribution in [0, 0.1) is 10.1 Å². The Balaban J connectivity index is 1.85. The molecule has 10 nitrogen and oxygen atoms in total. The Morgan fingerprint density at radius 1 is 1.44 bits per heavy atom. The van der Waals surface area contributed by atoms with Gasteiger partial charge < -0.3 is 20.7 Å². The first-order chi connectivity index (χ1) is 12.2. The highest BCUT2D eigenvalue weighted by Gasteiger charge is 2.22. The molecule has 0 spiro atoms. The summed E-state index contributed by atoms with van der Waals surface area (Å²) in [5.74, 6) is 0.803. The Labute approximate surface area is 144 Å². The van der Waals surface area contributed by atoms with E-state index < -0.39 is 4.92 Å². The smallest absolute Gasteiger partial charge is 0.329 e. The van der Waals surface area contributed by atoms with E-state index in [2.05, 4.69) is 30.9 Å². The summed E-state index contributed by atoms with van der Waals surface area (Å²) in [5.41, 5.74) is 0.415. The molecule has 0 saturated carbocycles. The lowest BCUT2D eigenvalue weighted by Crippen LogP contribution is -2.38. The molecule has 25 heavy (non-hydrogen) atoms. The quantitative estimate of drug-likeness (QED) is 0.529. The van der Waals surface area contributed by atoms with Crippen LogP contribution in [0.15, 0.2) is 24.5 Å². The minimum Gasteiger partial charge on any atom is -0.480 e. The van der Waals surface area contributed by atoms with Crippen molar-refractivity contribution in [2.24, 2.45) is 0 Å². The minimum absolute atomic E-state index is 0.0862. The molecule has 1 aliphatic rings. The maximum absolute atomic E-state index is 11.3. The fourth-order valence-electron chi connectivity index (χ4n) is 2.61. The first-order valence-corrected chi connectivity index (χ1v) is 7.92. The van der Waals surface area contributed by atoms with E-state index in [1.807, 2.05) is 0 Å². The molecular weight excluding hydrogens is 326 g/mol. The number of methoxy groups -OCH3 is 1. The van der Waals surface area contributed by atoms with E-state index in [4.69, 9.17) is 4.74 Å². The highest BCUT2D eigenvalue weighted by Crippen LogP contribution is 2.27. The van der Waals surface area contributed by atoms with Crippen molar-refractivity contribution >= 4 is 23.1 Å². The average molecular weight is 345 g/mol. The van der Waals surface area contributed by atoms with Crippen LogP contribution in [-0.2, 0) is 0 Å². The van der Waals surface area contributed by atoms with Gasteiger partial charge in [0, 0.05) is 18.8 Å². The van der Waals surface area contributed by atoms with Crippen molar-refractivity contribution in [3.8, 4) is 5.88 Å². The zero-order chi connectivity index (χ0) is 17.6. The molecule has 1 atom stereocenters. The molecule has 1 saturated heterocycles. The summed E-state index contributed by atoms with van der Waals surface area (Å²) >= 11 is 0. The minimum atomic E-state index is -0.493. The van der Waals surface area contributed by atoms with Gasteiger partial charge in [-0.3, -0.25) is 10.1 Å². The average Bonchev–Trinajstić information content (AvgIpc) is 2.63. The van der Waals surface area contributed by atoms with Crippen molar-refractivity contribution < 1.29 is 9.66 Å². The van der Waals surface area contributed by atoms with Crippen LogP contribution in [0.1, 0.15) is 12.8 Å². The molecule has 10 heteroatoms. The molecule has 3 N–H and O–H groups in total. The van der Waals surface area contributed by atoms with Crippen LogP contribution >= 0.6 is 0 Å². The van der Waals surface area contributed by atoms with Gasteiger partial charge in [0.1, 0.15) is 11.9 Å². The number of aromatic nitrogens is 3. The third-order valence-electron chi connectivity index (χ3n) is 3.81. The van der Waals surface area contributed by atoms with Gasteiger partial charge in [-0.25, -0.2) is 9.97 Å². The van der Waals surface area contributed by atoms with Gasteiger partial charge in [0.05, 0.1) is 12.0 Å². The van der Waals surface area contributed by atoms with Gasteiger partial charge in [-0.05, 0) is 31.5 Å².